The molecule has 0 atom stereocenters. The number of amides is 1. The molecule has 0 fully saturated rings. The first-order chi connectivity index (χ1) is 12.2. The van der Waals surface area contributed by atoms with Gasteiger partial charge in [-0.15, -0.1) is 0 Å². The molecule has 132 valence electrons. The molecular weight excluding hydrogens is 312 g/mol. The summed E-state index contributed by atoms with van der Waals surface area (Å²) < 4.78 is 5.55. The number of rotatable bonds is 9. The number of unbranched alkanes of at least 4 members (excludes halogenated alkanes) is 2. The van der Waals surface area contributed by atoms with Crippen LogP contribution in [-0.4, -0.2) is 18.2 Å². The normalized spacial score (nSPS) is 11.2. The van der Waals surface area contributed by atoms with Gasteiger partial charge in [0.05, 0.1) is 5.71 Å². The van der Waals surface area contributed by atoms with Gasteiger partial charge in [-0.05, 0) is 37.0 Å². The first-order valence-electron chi connectivity index (χ1n) is 8.80. The average Bonchev–Trinajstić information content (AvgIpc) is 2.64. The molecule has 25 heavy (non-hydrogen) atoms. The molecule has 0 aromatic heterocycles. The fraction of sp³-hybridized carbons (Fsp3) is 0.333. The van der Waals surface area contributed by atoms with Crippen molar-refractivity contribution >= 4 is 11.6 Å². The quantitative estimate of drug-likeness (QED) is 0.416. The van der Waals surface area contributed by atoms with Crippen LogP contribution >= 0.6 is 0 Å². The van der Waals surface area contributed by atoms with Crippen molar-refractivity contribution in [1.82, 2.24) is 5.43 Å². The maximum atomic E-state index is 12.1. The Morgan fingerprint density at radius 2 is 1.76 bits per heavy atom. The van der Waals surface area contributed by atoms with Crippen molar-refractivity contribution < 1.29 is 9.53 Å². The van der Waals surface area contributed by atoms with Gasteiger partial charge in [-0.3, -0.25) is 4.79 Å². The van der Waals surface area contributed by atoms with Gasteiger partial charge in [0, 0.05) is 0 Å². The molecule has 0 bridgehead atoms. The zero-order valence-corrected chi connectivity index (χ0v) is 15.0. The minimum Gasteiger partial charge on any atom is -0.483 e. The van der Waals surface area contributed by atoms with Crippen molar-refractivity contribution in [3.05, 3.63) is 65.7 Å². The lowest BCUT2D eigenvalue weighted by molar-refractivity contribution is -0.123. The summed E-state index contributed by atoms with van der Waals surface area (Å²) in [5, 5.41) is 4.34. The summed E-state index contributed by atoms with van der Waals surface area (Å²) in [6, 6.07) is 17.6. The minimum atomic E-state index is -0.257. The predicted octanol–water partition coefficient (Wildman–Crippen LogP) is 4.47. The lowest BCUT2D eigenvalue weighted by Crippen LogP contribution is -2.26. The van der Waals surface area contributed by atoms with Crippen molar-refractivity contribution in [3.63, 3.8) is 0 Å². The molecule has 2 rings (SSSR count). The van der Waals surface area contributed by atoms with Crippen LogP contribution in [0.15, 0.2) is 59.7 Å². The van der Waals surface area contributed by atoms with E-state index in [0.29, 0.717) is 5.75 Å². The van der Waals surface area contributed by atoms with E-state index in [1.54, 1.807) is 0 Å². The van der Waals surface area contributed by atoms with Gasteiger partial charge in [-0.25, -0.2) is 5.43 Å². The topological polar surface area (TPSA) is 50.7 Å². The molecule has 2 aromatic carbocycles. The Morgan fingerprint density at radius 3 is 2.48 bits per heavy atom. The molecule has 0 saturated heterocycles. The van der Waals surface area contributed by atoms with Gasteiger partial charge in [0.2, 0.25) is 0 Å². The number of carbonyl (C=O) groups excluding carboxylic acids is 1. The molecule has 0 aliphatic rings. The molecule has 0 aliphatic carbocycles. The van der Waals surface area contributed by atoms with Crippen molar-refractivity contribution in [1.29, 1.82) is 0 Å². The average molecular weight is 338 g/mol. The third-order valence-electron chi connectivity index (χ3n) is 3.89. The summed E-state index contributed by atoms with van der Waals surface area (Å²) in [5.74, 6) is 0.458. The largest absolute Gasteiger partial charge is 0.483 e. The second-order valence-electron chi connectivity index (χ2n) is 5.97. The van der Waals surface area contributed by atoms with Gasteiger partial charge in [0.15, 0.2) is 6.61 Å². The molecule has 1 amide bonds. The van der Waals surface area contributed by atoms with Crippen LogP contribution in [0.2, 0.25) is 0 Å². The molecule has 2 aromatic rings. The third-order valence-corrected chi connectivity index (χ3v) is 3.89. The smallest absolute Gasteiger partial charge is 0.277 e. The second-order valence-corrected chi connectivity index (χ2v) is 5.97. The first-order valence-corrected chi connectivity index (χ1v) is 8.80. The highest BCUT2D eigenvalue weighted by atomic mass is 16.5. The van der Waals surface area contributed by atoms with Crippen molar-refractivity contribution in [2.75, 3.05) is 6.61 Å². The van der Waals surface area contributed by atoms with Crippen LogP contribution < -0.4 is 10.2 Å². The summed E-state index contributed by atoms with van der Waals surface area (Å²) in [4.78, 5) is 12.1. The Hall–Kier alpha value is -2.62. The van der Waals surface area contributed by atoms with E-state index in [-0.39, 0.29) is 12.5 Å². The fourth-order valence-corrected chi connectivity index (χ4v) is 2.46. The highest BCUT2D eigenvalue weighted by molar-refractivity contribution is 6.01. The number of nitrogens with zero attached hydrogens (tertiary/aromatic N) is 1. The van der Waals surface area contributed by atoms with Crippen LogP contribution in [0.3, 0.4) is 0 Å². The van der Waals surface area contributed by atoms with Crippen molar-refractivity contribution in [2.45, 2.75) is 39.5 Å². The highest BCUT2D eigenvalue weighted by Gasteiger charge is 2.07. The minimum absolute atomic E-state index is 0.0502. The summed E-state index contributed by atoms with van der Waals surface area (Å²) >= 11 is 0. The number of nitrogens with one attached hydrogen (secondary N) is 1. The number of aryl methyl sites for hydroxylation is 1. The number of hydrazone groups is 1. The Morgan fingerprint density at radius 1 is 1.04 bits per heavy atom. The van der Waals surface area contributed by atoms with E-state index in [1.165, 1.54) is 0 Å². The third kappa shape index (κ3) is 6.42. The van der Waals surface area contributed by atoms with E-state index < -0.39 is 0 Å². The Kier molecular flexibility index (Phi) is 7.70. The molecule has 0 spiro atoms. The standard InChI is InChI=1S/C21H26N2O2/c1-3-4-6-14-19(18-12-7-5-8-13-18)22-23-21(24)16-25-20-15-10-9-11-17(20)2/h5,7-13,15H,3-4,6,14,16H2,1-2H3,(H,23,24). The van der Waals surface area contributed by atoms with Gasteiger partial charge >= 0.3 is 0 Å². The summed E-state index contributed by atoms with van der Waals surface area (Å²) in [5.41, 5.74) is 5.57. The number of hydrogen-bond donors (Lipinski definition) is 1. The molecule has 4 heteroatoms. The lowest BCUT2D eigenvalue weighted by Gasteiger charge is -2.09. The van der Waals surface area contributed by atoms with E-state index >= 15 is 0 Å². The van der Waals surface area contributed by atoms with Gasteiger partial charge in [0.25, 0.3) is 5.91 Å². The fourth-order valence-electron chi connectivity index (χ4n) is 2.46. The van der Waals surface area contributed by atoms with Gasteiger partial charge in [-0.2, -0.15) is 5.10 Å². The van der Waals surface area contributed by atoms with Crippen LogP contribution in [0.5, 0.6) is 5.75 Å². The summed E-state index contributed by atoms with van der Waals surface area (Å²) in [7, 11) is 0. The van der Waals surface area contributed by atoms with E-state index in [9.17, 15) is 4.79 Å². The number of carbonyl (C=O) groups is 1. The number of para-hydroxylation sites is 1. The highest BCUT2D eigenvalue weighted by Crippen LogP contribution is 2.15. The first kappa shape index (κ1) is 18.7. The van der Waals surface area contributed by atoms with Gasteiger partial charge in [-0.1, -0.05) is 68.3 Å². The van der Waals surface area contributed by atoms with Gasteiger partial charge < -0.3 is 4.74 Å². The van der Waals surface area contributed by atoms with Crippen LogP contribution in [0, 0.1) is 6.92 Å². The Labute approximate surface area is 149 Å². The van der Waals surface area contributed by atoms with Crippen LogP contribution in [0.4, 0.5) is 0 Å². The molecule has 0 saturated carbocycles. The lowest BCUT2D eigenvalue weighted by atomic mass is 10.0. The van der Waals surface area contributed by atoms with Crippen LogP contribution in [-0.2, 0) is 4.79 Å². The second kappa shape index (κ2) is 10.3. The monoisotopic (exact) mass is 338 g/mol. The molecule has 0 heterocycles. The molecule has 1 N–H and O–H groups in total. The molecule has 4 nitrogen and oxygen atoms in total. The SMILES string of the molecule is CCCCCC(=NNC(=O)COc1ccccc1C)c1ccccc1. The maximum absolute atomic E-state index is 12.1. The Balaban J connectivity index is 1.94. The maximum Gasteiger partial charge on any atom is 0.277 e. The molecule has 0 aliphatic heterocycles. The predicted molar refractivity (Wildman–Crippen MR) is 102 cm³/mol. The summed E-state index contributed by atoms with van der Waals surface area (Å²) in [6.07, 6.45) is 4.20. The van der Waals surface area contributed by atoms with Crippen LogP contribution in [0.1, 0.15) is 43.7 Å². The van der Waals surface area contributed by atoms with Gasteiger partial charge in [0.1, 0.15) is 5.75 Å². The number of ether oxygens (including phenoxy) is 1. The zero-order chi connectivity index (χ0) is 17.9. The van der Waals surface area contributed by atoms with E-state index in [0.717, 1.165) is 42.5 Å². The molecule has 0 unspecified atom stereocenters. The van der Waals surface area contributed by atoms with E-state index in [1.807, 2.05) is 61.5 Å². The zero-order valence-electron chi connectivity index (χ0n) is 15.0. The van der Waals surface area contributed by atoms with Crippen molar-refractivity contribution in [2.24, 2.45) is 5.10 Å². The Bertz CT molecular complexity index is 696. The van der Waals surface area contributed by atoms with E-state index in [2.05, 4.69) is 17.5 Å². The van der Waals surface area contributed by atoms with E-state index in [4.69, 9.17) is 4.74 Å². The number of benzene rings is 2. The molecular formula is C21H26N2O2. The van der Waals surface area contributed by atoms with Crippen LogP contribution in [0.25, 0.3) is 0 Å². The summed E-state index contributed by atoms with van der Waals surface area (Å²) in [6.45, 7) is 4.07. The number of hydrogen-bond acceptors (Lipinski definition) is 3. The molecule has 0 radical (unpaired) electrons. The van der Waals surface area contributed by atoms with Crippen molar-refractivity contribution in [3.8, 4) is 5.75 Å².